The summed E-state index contributed by atoms with van der Waals surface area (Å²) in [6.45, 7) is 2.70. The summed E-state index contributed by atoms with van der Waals surface area (Å²) < 4.78 is 38.8. The molecule has 0 radical (unpaired) electrons. The molecule has 2 N–H and O–H groups in total. The number of aromatic nitrogens is 2. The van der Waals surface area contributed by atoms with Crippen LogP contribution in [0.2, 0.25) is 0 Å². The summed E-state index contributed by atoms with van der Waals surface area (Å²) >= 11 is 1.18. The molecule has 178 valence electrons. The number of halogens is 3. The number of hydrogen-bond donors (Lipinski definition) is 2. The molecule has 1 aliphatic heterocycles. The second kappa shape index (κ2) is 9.80. The van der Waals surface area contributed by atoms with Gasteiger partial charge in [0.15, 0.2) is 0 Å². The number of urea groups is 1. The molecular weight excluding hydrogens is 467 g/mol. The molecule has 1 aromatic heterocycles. The number of rotatable bonds is 4. The first-order chi connectivity index (χ1) is 16.2. The lowest BCUT2D eigenvalue weighted by Gasteiger charge is -2.31. The number of carbonyl (C=O) groups is 2. The van der Waals surface area contributed by atoms with Gasteiger partial charge in [-0.15, -0.1) is 10.2 Å². The Hall–Kier alpha value is -3.47. The zero-order chi connectivity index (χ0) is 24.3. The highest BCUT2D eigenvalue weighted by molar-refractivity contribution is 7.13. The number of hydrogen-bond acceptors (Lipinski definition) is 5. The first kappa shape index (κ1) is 23.7. The maximum absolute atomic E-state index is 12.9. The quantitative estimate of drug-likeness (QED) is 0.505. The molecule has 0 bridgehead atoms. The molecule has 0 aliphatic carbocycles. The van der Waals surface area contributed by atoms with Crippen molar-refractivity contribution in [2.24, 2.45) is 0 Å². The van der Waals surface area contributed by atoms with Crippen molar-refractivity contribution >= 4 is 34.6 Å². The van der Waals surface area contributed by atoms with Crippen LogP contribution in [0.3, 0.4) is 0 Å². The summed E-state index contributed by atoms with van der Waals surface area (Å²) in [5.41, 5.74) is 0.870. The van der Waals surface area contributed by atoms with Crippen molar-refractivity contribution < 1.29 is 22.8 Å². The molecule has 34 heavy (non-hydrogen) atoms. The zero-order valence-corrected chi connectivity index (χ0v) is 19.0. The number of nitrogens with zero attached hydrogens (tertiary/aromatic N) is 3. The molecule has 2 heterocycles. The number of piperidine rings is 1. The minimum Gasteiger partial charge on any atom is -0.324 e. The Morgan fingerprint density at radius 3 is 2.65 bits per heavy atom. The molecule has 4 rings (SSSR count). The Morgan fingerprint density at radius 2 is 1.88 bits per heavy atom. The van der Waals surface area contributed by atoms with Gasteiger partial charge in [-0.1, -0.05) is 35.6 Å². The lowest BCUT2D eigenvalue weighted by Crippen LogP contribution is -2.41. The second-order valence-electron chi connectivity index (χ2n) is 8.01. The number of alkyl halides is 3. The van der Waals surface area contributed by atoms with Crippen molar-refractivity contribution in [2.75, 3.05) is 23.7 Å². The molecule has 2 aromatic carbocycles. The average Bonchev–Trinajstić information content (AvgIpc) is 3.31. The Labute approximate surface area is 198 Å². The van der Waals surface area contributed by atoms with Crippen LogP contribution in [-0.2, 0) is 6.18 Å². The Balaban J connectivity index is 1.39. The van der Waals surface area contributed by atoms with E-state index in [1.165, 1.54) is 23.5 Å². The van der Waals surface area contributed by atoms with Crippen LogP contribution >= 0.6 is 11.3 Å². The van der Waals surface area contributed by atoms with Crippen LogP contribution in [0.1, 0.15) is 44.7 Å². The fraction of sp³-hybridized carbons (Fsp3) is 0.304. The summed E-state index contributed by atoms with van der Waals surface area (Å²) in [7, 11) is 0. The van der Waals surface area contributed by atoms with Crippen molar-refractivity contribution in [3.8, 4) is 0 Å². The fourth-order valence-corrected chi connectivity index (χ4v) is 4.58. The molecule has 1 fully saturated rings. The van der Waals surface area contributed by atoms with Gasteiger partial charge in [0, 0.05) is 30.4 Å². The standard InChI is InChI=1S/C23H22F3N5O2S/c1-14-6-2-3-10-18(14)28-19(32)21-30-29-20(34-21)15-7-5-11-31(13-15)22(33)27-17-9-4-8-16(12-17)23(24,25)26/h2-4,6,8-10,12,15H,5,7,11,13H2,1H3,(H,27,33)(H,28,32)/t15-/m1/s1. The summed E-state index contributed by atoms with van der Waals surface area (Å²) in [5.74, 6) is -0.466. The molecule has 11 heteroatoms. The average molecular weight is 490 g/mol. The largest absolute Gasteiger partial charge is 0.416 e. The van der Waals surface area contributed by atoms with Gasteiger partial charge in [-0.25, -0.2) is 4.79 Å². The predicted molar refractivity (Wildman–Crippen MR) is 123 cm³/mol. The zero-order valence-electron chi connectivity index (χ0n) is 18.2. The summed E-state index contributed by atoms with van der Waals surface area (Å²) in [6.07, 6.45) is -3.02. The number of amides is 3. The van der Waals surface area contributed by atoms with E-state index in [9.17, 15) is 22.8 Å². The first-order valence-electron chi connectivity index (χ1n) is 10.6. The lowest BCUT2D eigenvalue weighted by atomic mass is 9.99. The Morgan fingerprint density at radius 1 is 1.09 bits per heavy atom. The summed E-state index contributed by atoms with van der Waals surface area (Å²) in [5, 5.41) is 14.4. The van der Waals surface area contributed by atoms with Gasteiger partial charge in [-0.3, -0.25) is 4.79 Å². The van der Waals surface area contributed by atoms with Crippen molar-refractivity contribution in [3.05, 3.63) is 69.7 Å². The predicted octanol–water partition coefficient (Wildman–Crippen LogP) is 5.53. The fourth-order valence-electron chi connectivity index (χ4n) is 3.72. The van der Waals surface area contributed by atoms with Crippen molar-refractivity contribution in [3.63, 3.8) is 0 Å². The highest BCUT2D eigenvalue weighted by Crippen LogP contribution is 2.32. The number of likely N-dealkylation sites (tertiary alicyclic amines) is 1. The number of para-hydroxylation sites is 1. The molecule has 1 aliphatic rings. The second-order valence-corrected chi connectivity index (χ2v) is 9.02. The molecule has 1 atom stereocenters. The van der Waals surface area contributed by atoms with Crippen molar-refractivity contribution in [1.29, 1.82) is 0 Å². The highest BCUT2D eigenvalue weighted by Gasteiger charge is 2.31. The maximum atomic E-state index is 12.9. The first-order valence-corrected chi connectivity index (χ1v) is 11.5. The third kappa shape index (κ3) is 5.53. The molecule has 0 unspecified atom stereocenters. The SMILES string of the molecule is Cc1ccccc1NC(=O)c1nnc([C@@H]2CCCN(C(=O)Nc3cccc(C(F)(F)F)c3)C2)s1. The van der Waals surface area contributed by atoms with E-state index in [1.54, 1.807) is 11.0 Å². The molecule has 3 aromatic rings. The number of carbonyl (C=O) groups excluding carboxylic acids is 2. The van der Waals surface area contributed by atoms with Gasteiger partial charge in [0.1, 0.15) is 5.01 Å². The van der Waals surface area contributed by atoms with Gasteiger partial charge in [0.05, 0.1) is 5.56 Å². The molecule has 7 nitrogen and oxygen atoms in total. The number of benzene rings is 2. The molecule has 0 spiro atoms. The Kier molecular flexibility index (Phi) is 6.82. The van der Waals surface area contributed by atoms with Crippen LogP contribution in [-0.4, -0.2) is 40.1 Å². The topological polar surface area (TPSA) is 87.2 Å². The van der Waals surface area contributed by atoms with Crippen LogP contribution in [0.5, 0.6) is 0 Å². The van der Waals surface area contributed by atoms with Gasteiger partial charge in [-0.2, -0.15) is 13.2 Å². The van der Waals surface area contributed by atoms with Crippen molar-refractivity contribution in [1.82, 2.24) is 15.1 Å². The van der Waals surface area contributed by atoms with Crippen LogP contribution in [0.4, 0.5) is 29.3 Å². The normalized spacial score (nSPS) is 16.2. The number of aryl methyl sites for hydroxylation is 1. The number of anilines is 2. The minimum atomic E-state index is -4.49. The molecular formula is C23H22F3N5O2S. The third-order valence-electron chi connectivity index (χ3n) is 5.53. The van der Waals surface area contributed by atoms with Gasteiger partial charge in [0.2, 0.25) is 5.01 Å². The molecule has 3 amide bonds. The van der Waals surface area contributed by atoms with E-state index in [0.29, 0.717) is 30.2 Å². The van der Waals surface area contributed by atoms with Crippen LogP contribution in [0.15, 0.2) is 48.5 Å². The minimum absolute atomic E-state index is 0.0769. The highest BCUT2D eigenvalue weighted by atomic mass is 32.1. The van der Waals surface area contributed by atoms with Crippen LogP contribution in [0.25, 0.3) is 0 Å². The summed E-state index contributed by atoms with van der Waals surface area (Å²) in [4.78, 5) is 26.8. The maximum Gasteiger partial charge on any atom is 0.416 e. The van der Waals surface area contributed by atoms with E-state index in [1.807, 2.05) is 25.1 Å². The van der Waals surface area contributed by atoms with Gasteiger partial charge < -0.3 is 15.5 Å². The van der Waals surface area contributed by atoms with Crippen LogP contribution in [0, 0.1) is 6.92 Å². The van der Waals surface area contributed by atoms with E-state index in [-0.39, 0.29) is 22.5 Å². The third-order valence-corrected chi connectivity index (χ3v) is 6.61. The molecule has 0 saturated carbocycles. The monoisotopic (exact) mass is 489 g/mol. The number of nitrogens with one attached hydrogen (secondary N) is 2. The smallest absolute Gasteiger partial charge is 0.324 e. The van der Waals surface area contributed by atoms with Crippen LogP contribution < -0.4 is 10.6 Å². The van der Waals surface area contributed by atoms with E-state index >= 15 is 0 Å². The van der Waals surface area contributed by atoms with E-state index < -0.39 is 17.8 Å². The lowest BCUT2D eigenvalue weighted by molar-refractivity contribution is -0.137. The van der Waals surface area contributed by atoms with E-state index in [0.717, 1.165) is 24.1 Å². The Bertz CT molecular complexity index is 1200. The molecule has 1 saturated heterocycles. The van der Waals surface area contributed by atoms with Gasteiger partial charge in [-0.05, 0) is 49.6 Å². The van der Waals surface area contributed by atoms with E-state index in [4.69, 9.17) is 0 Å². The van der Waals surface area contributed by atoms with Crippen molar-refractivity contribution in [2.45, 2.75) is 31.9 Å². The van der Waals surface area contributed by atoms with E-state index in [2.05, 4.69) is 20.8 Å². The summed E-state index contributed by atoms with van der Waals surface area (Å²) in [6, 6.07) is 11.4. The van der Waals surface area contributed by atoms with Gasteiger partial charge in [0.25, 0.3) is 5.91 Å². The van der Waals surface area contributed by atoms with Gasteiger partial charge >= 0.3 is 12.2 Å².